The van der Waals surface area contributed by atoms with Crippen molar-refractivity contribution < 1.29 is 5.11 Å². The molecule has 0 spiro atoms. The molecule has 0 atom stereocenters. The fraction of sp³-hybridized carbons (Fsp3) is 0.227. The number of nitrogens with zero attached hydrogens (tertiary/aromatic N) is 1. The van der Waals surface area contributed by atoms with Crippen molar-refractivity contribution in [1.29, 1.82) is 5.41 Å². The number of benzene rings is 2. The lowest BCUT2D eigenvalue weighted by molar-refractivity contribution is 0.191. The van der Waals surface area contributed by atoms with E-state index in [0.717, 1.165) is 30.1 Å². The maximum absolute atomic E-state index is 9.37. The summed E-state index contributed by atoms with van der Waals surface area (Å²) < 4.78 is 0. The summed E-state index contributed by atoms with van der Waals surface area (Å²) in [6, 6.07) is 22.5. The standard InChI is InChI=1S/C22H25N3OS/c23-22(21-10-5-15-27-21)24-20-9-4-8-18(16-20)11-12-25(13-14-26)17-19-6-2-1-3-7-19/h1-10,15-16,26H,11-14,17H2,(H2,23,24). The van der Waals surface area contributed by atoms with Gasteiger partial charge in [0, 0.05) is 25.3 Å². The van der Waals surface area contributed by atoms with Crippen LogP contribution in [0, 0.1) is 5.41 Å². The molecular weight excluding hydrogens is 354 g/mol. The lowest BCUT2D eigenvalue weighted by Crippen LogP contribution is -2.28. The van der Waals surface area contributed by atoms with E-state index >= 15 is 0 Å². The summed E-state index contributed by atoms with van der Waals surface area (Å²) >= 11 is 1.56. The highest BCUT2D eigenvalue weighted by Gasteiger charge is 2.07. The first-order valence-electron chi connectivity index (χ1n) is 9.10. The minimum absolute atomic E-state index is 0.159. The second-order valence-corrected chi connectivity index (χ2v) is 7.36. The molecule has 4 nitrogen and oxygen atoms in total. The predicted octanol–water partition coefficient (Wildman–Crippen LogP) is 4.22. The number of aliphatic hydroxyl groups excluding tert-OH is 1. The number of rotatable bonds is 9. The Morgan fingerprint density at radius 1 is 0.963 bits per heavy atom. The van der Waals surface area contributed by atoms with Gasteiger partial charge < -0.3 is 10.4 Å². The van der Waals surface area contributed by atoms with Crippen molar-refractivity contribution in [3.05, 3.63) is 88.1 Å². The van der Waals surface area contributed by atoms with Crippen LogP contribution in [0.25, 0.3) is 0 Å². The topological polar surface area (TPSA) is 59.4 Å². The van der Waals surface area contributed by atoms with E-state index in [1.54, 1.807) is 11.3 Å². The number of amidine groups is 1. The van der Waals surface area contributed by atoms with Crippen molar-refractivity contribution in [3.8, 4) is 0 Å². The Bertz CT molecular complexity index is 834. The first kappa shape index (κ1) is 19.3. The average Bonchev–Trinajstić information content (AvgIpc) is 3.22. The molecule has 27 heavy (non-hydrogen) atoms. The van der Waals surface area contributed by atoms with E-state index in [1.807, 2.05) is 47.8 Å². The molecule has 0 fully saturated rings. The van der Waals surface area contributed by atoms with Gasteiger partial charge in [0.15, 0.2) is 0 Å². The molecule has 1 heterocycles. The van der Waals surface area contributed by atoms with Gasteiger partial charge in [0.25, 0.3) is 0 Å². The first-order chi connectivity index (χ1) is 13.2. The van der Waals surface area contributed by atoms with Gasteiger partial charge in [-0.15, -0.1) is 11.3 Å². The Morgan fingerprint density at radius 2 is 1.78 bits per heavy atom. The molecule has 3 aromatic rings. The van der Waals surface area contributed by atoms with E-state index in [4.69, 9.17) is 5.41 Å². The van der Waals surface area contributed by atoms with E-state index in [2.05, 4.69) is 34.5 Å². The molecule has 0 radical (unpaired) electrons. The zero-order valence-electron chi connectivity index (χ0n) is 15.3. The highest BCUT2D eigenvalue weighted by atomic mass is 32.1. The van der Waals surface area contributed by atoms with Crippen LogP contribution in [0.3, 0.4) is 0 Å². The van der Waals surface area contributed by atoms with Gasteiger partial charge in [-0.2, -0.15) is 0 Å². The molecule has 3 N–H and O–H groups in total. The Hall–Kier alpha value is -2.47. The van der Waals surface area contributed by atoms with Gasteiger partial charge in [0.1, 0.15) is 5.84 Å². The largest absolute Gasteiger partial charge is 0.395 e. The van der Waals surface area contributed by atoms with Crippen LogP contribution in [0.2, 0.25) is 0 Å². The van der Waals surface area contributed by atoms with Gasteiger partial charge in [-0.25, -0.2) is 0 Å². The smallest absolute Gasteiger partial charge is 0.140 e. The molecule has 140 valence electrons. The summed E-state index contributed by atoms with van der Waals surface area (Å²) in [7, 11) is 0. The third-order valence-electron chi connectivity index (χ3n) is 4.35. The molecule has 0 saturated heterocycles. The fourth-order valence-corrected chi connectivity index (χ4v) is 3.60. The Kier molecular flexibility index (Phi) is 7.16. The second kappa shape index (κ2) is 10.0. The quantitative estimate of drug-likeness (QED) is 0.385. The van der Waals surface area contributed by atoms with Gasteiger partial charge in [0.2, 0.25) is 0 Å². The van der Waals surface area contributed by atoms with Crippen molar-refractivity contribution in [2.45, 2.75) is 13.0 Å². The Labute approximate surface area is 164 Å². The van der Waals surface area contributed by atoms with Gasteiger partial charge in [0.05, 0.1) is 11.5 Å². The van der Waals surface area contributed by atoms with Crippen LogP contribution in [0.4, 0.5) is 5.69 Å². The Balaban J connectivity index is 1.58. The molecular formula is C22H25N3OS. The summed E-state index contributed by atoms with van der Waals surface area (Å²) in [5.74, 6) is 0.424. The van der Waals surface area contributed by atoms with Crippen LogP contribution in [-0.4, -0.2) is 35.5 Å². The van der Waals surface area contributed by atoms with E-state index in [-0.39, 0.29) is 6.61 Å². The molecule has 0 aliphatic heterocycles. The molecule has 1 aromatic heterocycles. The van der Waals surface area contributed by atoms with Crippen LogP contribution >= 0.6 is 11.3 Å². The molecule has 0 unspecified atom stereocenters. The molecule has 0 bridgehead atoms. The maximum Gasteiger partial charge on any atom is 0.140 e. The summed E-state index contributed by atoms with van der Waals surface area (Å²) in [5, 5.41) is 22.7. The van der Waals surface area contributed by atoms with E-state index in [9.17, 15) is 5.11 Å². The lowest BCUT2D eigenvalue weighted by atomic mass is 10.1. The molecule has 2 aromatic carbocycles. The van der Waals surface area contributed by atoms with Crippen molar-refractivity contribution >= 4 is 22.9 Å². The second-order valence-electron chi connectivity index (χ2n) is 6.41. The van der Waals surface area contributed by atoms with Crippen molar-refractivity contribution in [1.82, 2.24) is 4.90 Å². The van der Waals surface area contributed by atoms with Crippen LogP contribution < -0.4 is 5.32 Å². The number of hydrogen-bond acceptors (Lipinski definition) is 4. The molecule has 0 amide bonds. The molecule has 3 rings (SSSR count). The number of aliphatic hydroxyl groups is 1. The van der Waals surface area contributed by atoms with Crippen LogP contribution in [0.5, 0.6) is 0 Å². The first-order valence-corrected chi connectivity index (χ1v) is 9.98. The highest BCUT2D eigenvalue weighted by Crippen LogP contribution is 2.16. The van der Waals surface area contributed by atoms with Crippen molar-refractivity contribution in [3.63, 3.8) is 0 Å². The molecule has 0 aliphatic carbocycles. The zero-order valence-corrected chi connectivity index (χ0v) is 16.1. The number of nitrogens with one attached hydrogen (secondary N) is 2. The Morgan fingerprint density at radius 3 is 2.52 bits per heavy atom. The number of thiophene rings is 1. The SMILES string of the molecule is N=C(Nc1cccc(CCN(CCO)Cc2ccccc2)c1)c1cccs1. The fourth-order valence-electron chi connectivity index (χ4n) is 2.97. The van der Waals surface area contributed by atoms with Gasteiger partial charge in [-0.1, -0.05) is 48.5 Å². The minimum Gasteiger partial charge on any atom is -0.395 e. The van der Waals surface area contributed by atoms with Gasteiger partial charge in [-0.05, 0) is 41.1 Å². The van der Waals surface area contributed by atoms with E-state index in [0.29, 0.717) is 12.4 Å². The average molecular weight is 380 g/mol. The minimum atomic E-state index is 0.159. The molecule has 0 aliphatic rings. The van der Waals surface area contributed by atoms with Crippen molar-refractivity contribution in [2.75, 3.05) is 25.0 Å². The van der Waals surface area contributed by atoms with Gasteiger partial charge in [-0.3, -0.25) is 10.3 Å². The molecule has 0 saturated carbocycles. The third kappa shape index (κ3) is 6.03. The lowest BCUT2D eigenvalue weighted by Gasteiger charge is -2.21. The van der Waals surface area contributed by atoms with Crippen LogP contribution in [0.1, 0.15) is 16.0 Å². The summed E-state index contributed by atoms with van der Waals surface area (Å²) in [6.45, 7) is 2.53. The predicted molar refractivity (Wildman–Crippen MR) is 114 cm³/mol. The summed E-state index contributed by atoms with van der Waals surface area (Å²) in [5.41, 5.74) is 3.41. The van der Waals surface area contributed by atoms with Crippen molar-refractivity contribution in [2.24, 2.45) is 0 Å². The van der Waals surface area contributed by atoms with E-state index in [1.165, 1.54) is 11.1 Å². The highest BCUT2D eigenvalue weighted by molar-refractivity contribution is 7.12. The number of hydrogen-bond donors (Lipinski definition) is 3. The number of anilines is 1. The zero-order chi connectivity index (χ0) is 18.9. The monoisotopic (exact) mass is 379 g/mol. The van der Waals surface area contributed by atoms with Gasteiger partial charge >= 0.3 is 0 Å². The van der Waals surface area contributed by atoms with E-state index < -0.39 is 0 Å². The third-order valence-corrected chi connectivity index (χ3v) is 5.23. The normalized spacial score (nSPS) is 10.9. The van der Waals surface area contributed by atoms with Crippen LogP contribution in [-0.2, 0) is 13.0 Å². The summed E-state index contributed by atoms with van der Waals surface area (Å²) in [4.78, 5) is 3.20. The maximum atomic E-state index is 9.37. The van der Waals surface area contributed by atoms with Crippen LogP contribution in [0.15, 0.2) is 72.1 Å². The molecule has 5 heteroatoms. The summed E-state index contributed by atoms with van der Waals surface area (Å²) in [6.07, 6.45) is 0.898.